The van der Waals surface area contributed by atoms with Gasteiger partial charge >= 0.3 is 0 Å². The highest BCUT2D eigenvalue weighted by molar-refractivity contribution is 6.30. The minimum atomic E-state index is -0.364. The van der Waals surface area contributed by atoms with Crippen molar-refractivity contribution in [3.05, 3.63) is 70.5 Å². The SMILES string of the molecule is O=C(NCc1cccc(Cl)c1)C1CCN(C(=O)c2ccc(F)cc2)CC1. The van der Waals surface area contributed by atoms with Gasteiger partial charge in [0, 0.05) is 36.1 Å². The number of halogens is 2. The van der Waals surface area contributed by atoms with Crippen LogP contribution in [0.15, 0.2) is 48.5 Å². The second-order valence-corrected chi connectivity index (χ2v) is 6.86. The van der Waals surface area contributed by atoms with Crippen molar-refractivity contribution in [3.63, 3.8) is 0 Å². The quantitative estimate of drug-likeness (QED) is 0.888. The Balaban J connectivity index is 1.49. The Kier molecular flexibility index (Phi) is 5.89. The maximum Gasteiger partial charge on any atom is 0.253 e. The lowest BCUT2D eigenvalue weighted by Crippen LogP contribution is -2.42. The van der Waals surface area contributed by atoms with Gasteiger partial charge < -0.3 is 10.2 Å². The van der Waals surface area contributed by atoms with Crippen LogP contribution in [-0.2, 0) is 11.3 Å². The molecule has 3 rings (SSSR count). The zero-order valence-electron chi connectivity index (χ0n) is 14.3. The molecule has 1 aliphatic rings. The van der Waals surface area contributed by atoms with Crippen LogP contribution in [0.3, 0.4) is 0 Å². The molecule has 0 unspecified atom stereocenters. The molecule has 0 saturated carbocycles. The van der Waals surface area contributed by atoms with Gasteiger partial charge in [0.1, 0.15) is 5.82 Å². The Morgan fingerprint density at radius 2 is 1.81 bits per heavy atom. The first-order chi connectivity index (χ1) is 12.5. The molecule has 1 fully saturated rings. The number of likely N-dealkylation sites (tertiary alicyclic amines) is 1. The molecule has 0 bridgehead atoms. The van der Waals surface area contributed by atoms with Crippen LogP contribution in [0.25, 0.3) is 0 Å². The van der Waals surface area contributed by atoms with Crippen LogP contribution >= 0.6 is 11.6 Å². The van der Waals surface area contributed by atoms with E-state index in [1.165, 1.54) is 24.3 Å². The van der Waals surface area contributed by atoms with Gasteiger partial charge in [-0.3, -0.25) is 9.59 Å². The Morgan fingerprint density at radius 1 is 1.12 bits per heavy atom. The van der Waals surface area contributed by atoms with Crippen LogP contribution in [0.4, 0.5) is 4.39 Å². The molecule has 0 radical (unpaired) electrons. The van der Waals surface area contributed by atoms with E-state index in [1.54, 1.807) is 11.0 Å². The number of carbonyl (C=O) groups is 2. The Labute approximate surface area is 157 Å². The van der Waals surface area contributed by atoms with Crippen molar-refractivity contribution in [2.75, 3.05) is 13.1 Å². The highest BCUT2D eigenvalue weighted by Crippen LogP contribution is 2.20. The first-order valence-corrected chi connectivity index (χ1v) is 8.98. The summed E-state index contributed by atoms with van der Waals surface area (Å²) in [6, 6.07) is 12.9. The first-order valence-electron chi connectivity index (χ1n) is 8.60. The molecular weight excluding hydrogens is 355 g/mol. The van der Waals surface area contributed by atoms with Crippen molar-refractivity contribution in [2.45, 2.75) is 19.4 Å². The maximum absolute atomic E-state index is 13.0. The number of piperidine rings is 1. The molecule has 1 saturated heterocycles. The molecule has 0 aromatic heterocycles. The lowest BCUT2D eigenvalue weighted by Gasteiger charge is -2.31. The lowest BCUT2D eigenvalue weighted by molar-refractivity contribution is -0.126. The lowest BCUT2D eigenvalue weighted by atomic mass is 9.95. The summed E-state index contributed by atoms with van der Waals surface area (Å²) in [6.45, 7) is 1.48. The number of hydrogen-bond acceptors (Lipinski definition) is 2. The number of carbonyl (C=O) groups excluding carboxylic acids is 2. The van der Waals surface area contributed by atoms with Crippen molar-refractivity contribution in [2.24, 2.45) is 5.92 Å². The first kappa shape index (κ1) is 18.4. The van der Waals surface area contributed by atoms with Crippen molar-refractivity contribution in [1.29, 1.82) is 0 Å². The second-order valence-electron chi connectivity index (χ2n) is 6.42. The zero-order valence-corrected chi connectivity index (χ0v) is 15.0. The highest BCUT2D eigenvalue weighted by Gasteiger charge is 2.27. The maximum atomic E-state index is 13.0. The minimum absolute atomic E-state index is 0.00106. The molecular formula is C20H20ClFN2O2. The standard InChI is InChI=1S/C20H20ClFN2O2/c21-17-3-1-2-14(12-17)13-23-19(25)15-8-10-24(11-9-15)20(26)16-4-6-18(22)7-5-16/h1-7,12,15H,8-11,13H2,(H,23,25). The average molecular weight is 375 g/mol. The van der Waals surface area contributed by atoms with E-state index in [4.69, 9.17) is 11.6 Å². The number of nitrogens with zero attached hydrogens (tertiary/aromatic N) is 1. The fourth-order valence-electron chi connectivity index (χ4n) is 3.10. The van der Waals surface area contributed by atoms with Crippen LogP contribution < -0.4 is 5.32 Å². The van der Waals surface area contributed by atoms with Crippen molar-refractivity contribution in [1.82, 2.24) is 10.2 Å². The van der Waals surface area contributed by atoms with Crippen LogP contribution in [0.1, 0.15) is 28.8 Å². The summed E-state index contributed by atoms with van der Waals surface area (Å²) in [5, 5.41) is 3.58. The normalized spacial score (nSPS) is 14.9. The van der Waals surface area contributed by atoms with E-state index >= 15 is 0 Å². The number of benzene rings is 2. The molecule has 2 amide bonds. The fourth-order valence-corrected chi connectivity index (χ4v) is 3.31. The van der Waals surface area contributed by atoms with Crippen LogP contribution in [0.2, 0.25) is 5.02 Å². The average Bonchev–Trinajstić information content (AvgIpc) is 2.66. The van der Waals surface area contributed by atoms with Gasteiger partial charge in [0.25, 0.3) is 5.91 Å². The summed E-state index contributed by atoms with van der Waals surface area (Å²) < 4.78 is 13.0. The minimum Gasteiger partial charge on any atom is -0.352 e. The Bertz CT molecular complexity index is 787. The predicted molar refractivity (Wildman–Crippen MR) is 98.3 cm³/mol. The molecule has 136 valence electrons. The van der Waals surface area contributed by atoms with E-state index in [2.05, 4.69) is 5.32 Å². The molecule has 4 nitrogen and oxygen atoms in total. The van der Waals surface area contributed by atoms with Crippen molar-refractivity contribution < 1.29 is 14.0 Å². The third kappa shape index (κ3) is 4.61. The summed E-state index contributed by atoms with van der Waals surface area (Å²) in [7, 11) is 0. The molecule has 1 aliphatic heterocycles. The van der Waals surface area contributed by atoms with E-state index in [-0.39, 0.29) is 23.5 Å². The van der Waals surface area contributed by atoms with Gasteiger partial charge in [0.2, 0.25) is 5.91 Å². The van der Waals surface area contributed by atoms with Gasteiger partial charge in [-0.25, -0.2) is 4.39 Å². The number of hydrogen-bond donors (Lipinski definition) is 1. The molecule has 0 aliphatic carbocycles. The summed E-state index contributed by atoms with van der Waals surface area (Å²) in [5.41, 5.74) is 1.42. The molecule has 2 aromatic carbocycles. The topological polar surface area (TPSA) is 49.4 Å². The van der Waals surface area contributed by atoms with E-state index in [0.717, 1.165) is 5.56 Å². The Hall–Kier alpha value is -2.40. The van der Waals surface area contributed by atoms with Crippen LogP contribution in [-0.4, -0.2) is 29.8 Å². The van der Waals surface area contributed by atoms with Gasteiger partial charge in [-0.15, -0.1) is 0 Å². The Morgan fingerprint density at radius 3 is 2.46 bits per heavy atom. The van der Waals surface area contributed by atoms with Gasteiger partial charge in [-0.1, -0.05) is 23.7 Å². The third-order valence-corrected chi connectivity index (χ3v) is 4.84. The van der Waals surface area contributed by atoms with E-state index < -0.39 is 0 Å². The smallest absolute Gasteiger partial charge is 0.253 e. The van der Waals surface area contributed by atoms with Gasteiger partial charge in [0.05, 0.1) is 0 Å². The molecule has 1 N–H and O–H groups in total. The van der Waals surface area contributed by atoms with Crippen molar-refractivity contribution in [3.8, 4) is 0 Å². The zero-order chi connectivity index (χ0) is 18.5. The molecule has 0 atom stereocenters. The predicted octanol–water partition coefficient (Wildman–Crippen LogP) is 3.65. The fraction of sp³-hybridized carbons (Fsp3) is 0.300. The number of amides is 2. The number of rotatable bonds is 4. The number of nitrogens with one attached hydrogen (secondary N) is 1. The van der Waals surface area contributed by atoms with E-state index in [1.807, 2.05) is 18.2 Å². The third-order valence-electron chi connectivity index (χ3n) is 4.60. The van der Waals surface area contributed by atoms with Crippen LogP contribution in [0.5, 0.6) is 0 Å². The largest absolute Gasteiger partial charge is 0.352 e. The van der Waals surface area contributed by atoms with Crippen molar-refractivity contribution >= 4 is 23.4 Å². The summed E-state index contributed by atoms with van der Waals surface area (Å²) in [6.07, 6.45) is 1.24. The van der Waals surface area contributed by atoms with Crippen LogP contribution in [0, 0.1) is 11.7 Å². The van der Waals surface area contributed by atoms with Gasteiger partial charge in [-0.2, -0.15) is 0 Å². The molecule has 6 heteroatoms. The van der Waals surface area contributed by atoms with Gasteiger partial charge in [0.15, 0.2) is 0 Å². The highest BCUT2D eigenvalue weighted by atomic mass is 35.5. The monoisotopic (exact) mass is 374 g/mol. The molecule has 1 heterocycles. The van der Waals surface area contributed by atoms with E-state index in [9.17, 15) is 14.0 Å². The summed E-state index contributed by atoms with van der Waals surface area (Å²) in [4.78, 5) is 26.5. The molecule has 2 aromatic rings. The van der Waals surface area contributed by atoms with E-state index in [0.29, 0.717) is 43.1 Å². The second kappa shape index (κ2) is 8.32. The molecule has 0 spiro atoms. The molecule has 26 heavy (non-hydrogen) atoms. The van der Waals surface area contributed by atoms with Gasteiger partial charge in [-0.05, 0) is 54.8 Å². The summed E-state index contributed by atoms with van der Waals surface area (Å²) in [5.74, 6) is -0.593. The summed E-state index contributed by atoms with van der Waals surface area (Å²) >= 11 is 5.94.